The number of nitrogens with two attached hydrogens (primary N) is 1. The van der Waals surface area contributed by atoms with E-state index in [4.69, 9.17) is 15.6 Å². The number of hydrogen-bond acceptors (Lipinski definition) is 9. The number of aliphatic hydroxyl groups excluding tert-OH is 4. The van der Waals surface area contributed by atoms with Gasteiger partial charge in [-0.2, -0.15) is 13.8 Å². The van der Waals surface area contributed by atoms with Crippen LogP contribution in [0.1, 0.15) is 98.1 Å². The van der Waals surface area contributed by atoms with Crippen molar-refractivity contribution in [1.82, 2.24) is 9.55 Å². The van der Waals surface area contributed by atoms with Gasteiger partial charge in [-0.15, -0.1) is 0 Å². The third kappa shape index (κ3) is 8.45. The predicted octanol–water partition coefficient (Wildman–Crippen LogP) is 4.42. The Hall–Kier alpha value is -2.48. The van der Waals surface area contributed by atoms with Crippen LogP contribution in [0, 0.1) is 23.2 Å². The average molecular weight is 680 g/mol. The Morgan fingerprint density at radius 3 is 2.58 bits per heavy atom. The summed E-state index contributed by atoms with van der Waals surface area (Å²) >= 11 is 0. The first-order chi connectivity index (χ1) is 22.4. The van der Waals surface area contributed by atoms with Crippen LogP contribution in [0.3, 0.4) is 0 Å². The van der Waals surface area contributed by atoms with Gasteiger partial charge in [0.1, 0.15) is 11.9 Å². The summed E-state index contributed by atoms with van der Waals surface area (Å²) in [5.74, 6) is -1.72. The maximum atomic E-state index is 13.7. The second-order valence-electron chi connectivity index (χ2n) is 15.2. The summed E-state index contributed by atoms with van der Waals surface area (Å²) in [5.41, 5.74) is 7.38. The van der Waals surface area contributed by atoms with E-state index in [0.29, 0.717) is 34.7 Å². The van der Waals surface area contributed by atoms with Crippen LogP contribution in [0.15, 0.2) is 52.5 Å². The summed E-state index contributed by atoms with van der Waals surface area (Å²) in [4.78, 5) is 14.7. The van der Waals surface area contributed by atoms with Crippen molar-refractivity contribution in [3.63, 3.8) is 0 Å². The zero-order valence-electron chi connectivity index (χ0n) is 28.7. The maximum Gasteiger partial charge on any atom is 0.351 e. The molecule has 4 aliphatic rings. The molecular formula is C36H55F2N3O7. The van der Waals surface area contributed by atoms with Crippen LogP contribution < -0.4 is 11.4 Å². The van der Waals surface area contributed by atoms with Crippen LogP contribution in [-0.4, -0.2) is 77.6 Å². The minimum Gasteiger partial charge on any atom is -0.394 e. The molecule has 4 fully saturated rings. The van der Waals surface area contributed by atoms with E-state index in [1.54, 1.807) is 5.57 Å². The van der Waals surface area contributed by atoms with Crippen LogP contribution in [0.2, 0.25) is 0 Å². The highest BCUT2D eigenvalue weighted by Gasteiger charge is 2.59. The van der Waals surface area contributed by atoms with E-state index in [1.807, 2.05) is 13.8 Å². The van der Waals surface area contributed by atoms with Crippen LogP contribution in [-0.2, 0) is 4.74 Å². The molecule has 0 unspecified atom stereocenters. The van der Waals surface area contributed by atoms with Crippen molar-refractivity contribution in [2.75, 3.05) is 12.3 Å². The normalized spacial score (nSPS) is 35.7. The van der Waals surface area contributed by atoms with Gasteiger partial charge in [0.15, 0.2) is 6.10 Å². The number of anilines is 1. The third-order valence-corrected chi connectivity index (χ3v) is 11.1. The van der Waals surface area contributed by atoms with Crippen molar-refractivity contribution < 1.29 is 39.1 Å². The highest BCUT2D eigenvalue weighted by molar-refractivity contribution is 5.38. The molecule has 1 saturated heterocycles. The second kappa shape index (κ2) is 15.2. The summed E-state index contributed by atoms with van der Waals surface area (Å²) in [6, 6.07) is 1.15. The molecule has 0 aromatic carbocycles. The molecule has 2 heterocycles. The summed E-state index contributed by atoms with van der Waals surface area (Å²) in [6.45, 7) is 12.0. The number of fused-ring (bicyclic) bond motifs is 1. The predicted molar refractivity (Wildman–Crippen MR) is 179 cm³/mol. The van der Waals surface area contributed by atoms with Crippen molar-refractivity contribution in [3.8, 4) is 0 Å². The Morgan fingerprint density at radius 1 is 1.25 bits per heavy atom. The number of nitrogen functional groups attached to an aromatic ring is 1. The molecule has 1 aromatic heterocycles. The number of allylic oxidation sites excluding steroid dienone is 3. The van der Waals surface area contributed by atoms with Crippen LogP contribution in [0.5, 0.6) is 0 Å². The topological polar surface area (TPSA) is 171 Å². The Morgan fingerprint density at radius 2 is 1.96 bits per heavy atom. The molecule has 48 heavy (non-hydrogen) atoms. The number of nitrogens with zero attached hydrogens (tertiary/aromatic N) is 2. The molecule has 270 valence electrons. The number of rotatable bonds is 8. The lowest BCUT2D eigenvalue weighted by Gasteiger charge is -2.44. The smallest absolute Gasteiger partial charge is 0.351 e. The third-order valence-electron chi connectivity index (χ3n) is 11.1. The van der Waals surface area contributed by atoms with Crippen molar-refractivity contribution in [2.24, 2.45) is 23.2 Å². The number of alkyl halides is 2. The van der Waals surface area contributed by atoms with E-state index in [2.05, 4.69) is 37.6 Å². The standard InChI is InChI=1S/C27H44O3.C9H11F2N3O4/c1-18(8-6-14-26(3,4)30)23-12-13-24-20(9-7-15-27(23,24)5)10-11-21-16-22(28)17-25(29)19(21)2;10-9(11)6(16)4(3-15)18-7(9)14-2-1-5(12)13-8(14)17/h10-11,18,22-25,28-30H,2,6-9,12-17H2,1,3-5H3;1-2,4,6-7,15-16H,3H2,(H2,12,13,17)/b20-10+,21-11-;/t18-,22-,23-,24+,25+,27-;4-,6-,7-/m11/s1. The Bertz CT molecular complexity index is 1410. The summed E-state index contributed by atoms with van der Waals surface area (Å²) < 4.78 is 32.7. The molecule has 0 spiro atoms. The molecule has 5 rings (SSSR count). The van der Waals surface area contributed by atoms with E-state index in [-0.39, 0.29) is 5.82 Å². The van der Waals surface area contributed by atoms with Crippen molar-refractivity contribution in [3.05, 3.63) is 58.2 Å². The Kier molecular flexibility index (Phi) is 12.1. The molecule has 0 radical (unpaired) electrons. The summed E-state index contributed by atoms with van der Waals surface area (Å²) in [6.07, 6.45) is 9.17. The largest absolute Gasteiger partial charge is 0.394 e. The Labute approximate surface area is 282 Å². The van der Waals surface area contributed by atoms with Gasteiger partial charge in [0.25, 0.3) is 0 Å². The van der Waals surface area contributed by atoms with Crippen molar-refractivity contribution in [2.45, 2.75) is 134 Å². The highest BCUT2D eigenvalue weighted by atomic mass is 19.3. The van der Waals surface area contributed by atoms with Gasteiger partial charge in [0.05, 0.1) is 24.4 Å². The summed E-state index contributed by atoms with van der Waals surface area (Å²) in [7, 11) is 0. The second-order valence-corrected chi connectivity index (χ2v) is 15.2. The van der Waals surface area contributed by atoms with Crippen molar-refractivity contribution in [1.29, 1.82) is 0 Å². The van der Waals surface area contributed by atoms with Gasteiger partial charge in [0, 0.05) is 12.6 Å². The zero-order chi connectivity index (χ0) is 35.6. The minimum atomic E-state index is -3.71. The Balaban J connectivity index is 0.000000246. The lowest BCUT2D eigenvalue weighted by Crippen LogP contribution is -2.41. The van der Waals surface area contributed by atoms with Crippen LogP contribution >= 0.6 is 0 Å². The molecule has 1 aromatic rings. The molecule has 3 aliphatic carbocycles. The van der Waals surface area contributed by atoms with Gasteiger partial charge in [0.2, 0.25) is 6.23 Å². The van der Waals surface area contributed by atoms with Gasteiger partial charge in [-0.1, -0.05) is 51.0 Å². The fourth-order valence-electron chi connectivity index (χ4n) is 8.46. The van der Waals surface area contributed by atoms with Crippen LogP contribution in [0.4, 0.5) is 14.6 Å². The fourth-order valence-corrected chi connectivity index (χ4v) is 8.46. The fraction of sp³-hybridized carbons (Fsp3) is 0.722. The van der Waals surface area contributed by atoms with E-state index in [9.17, 15) is 34.0 Å². The molecule has 10 nitrogen and oxygen atoms in total. The molecule has 12 heteroatoms. The number of aliphatic hydroxyl groups is 5. The molecule has 7 N–H and O–H groups in total. The molecule has 3 saturated carbocycles. The van der Waals surface area contributed by atoms with E-state index in [1.165, 1.54) is 38.5 Å². The highest BCUT2D eigenvalue weighted by Crippen LogP contribution is 2.60. The van der Waals surface area contributed by atoms with Gasteiger partial charge < -0.3 is 36.0 Å². The quantitative estimate of drug-likeness (QED) is 0.233. The number of halogens is 2. The molecule has 0 amide bonds. The lowest BCUT2D eigenvalue weighted by atomic mass is 9.60. The van der Waals surface area contributed by atoms with Crippen molar-refractivity contribution >= 4 is 5.82 Å². The van der Waals surface area contributed by atoms with Gasteiger partial charge in [-0.3, -0.25) is 4.57 Å². The van der Waals surface area contributed by atoms with Crippen LogP contribution in [0.25, 0.3) is 0 Å². The first-order valence-corrected chi connectivity index (χ1v) is 17.2. The summed E-state index contributed by atoms with van der Waals surface area (Å²) in [5, 5.41) is 48.3. The molecule has 1 aliphatic heterocycles. The molecule has 0 bridgehead atoms. The zero-order valence-corrected chi connectivity index (χ0v) is 28.7. The SMILES string of the molecule is C=C1/C(=C\C=C2/CCC[C@]3(C)[C@@H]([C@H](C)CCCC(C)(C)O)CC[C@@H]23)C[C@@H](O)C[C@@H]1O.Nc1ccn([C@@H]2O[C@H](CO)[C@@H](O)C2(F)F)c(=O)n1. The van der Waals surface area contributed by atoms with E-state index >= 15 is 0 Å². The number of ether oxygens (including phenoxy) is 1. The first kappa shape index (κ1) is 38.3. The molecular weight excluding hydrogens is 624 g/mol. The number of hydrogen-bond donors (Lipinski definition) is 6. The maximum absolute atomic E-state index is 13.7. The minimum absolute atomic E-state index is 0.114. The lowest BCUT2D eigenvalue weighted by molar-refractivity contribution is -0.140. The van der Waals surface area contributed by atoms with E-state index < -0.39 is 54.5 Å². The van der Waals surface area contributed by atoms with E-state index in [0.717, 1.165) is 42.2 Å². The average Bonchev–Trinajstić information content (AvgIpc) is 3.46. The monoisotopic (exact) mass is 679 g/mol. The van der Waals surface area contributed by atoms with Gasteiger partial charge >= 0.3 is 11.6 Å². The van der Waals surface area contributed by atoms with Gasteiger partial charge in [-0.05, 0) is 99.2 Å². The molecule has 9 atom stereocenters. The first-order valence-electron chi connectivity index (χ1n) is 17.2. The van der Waals surface area contributed by atoms with Gasteiger partial charge in [-0.25, -0.2) is 4.79 Å². The number of aromatic nitrogens is 2.